The van der Waals surface area contributed by atoms with E-state index in [1.165, 1.54) is 0 Å². The molecule has 57 heavy (non-hydrogen) atoms. The molecule has 1 N–H and O–H groups in total. The summed E-state index contributed by atoms with van der Waals surface area (Å²) >= 11 is 0. The van der Waals surface area contributed by atoms with Crippen LogP contribution in [-0.2, 0) is 191 Å². The summed E-state index contributed by atoms with van der Waals surface area (Å²) < 4.78 is 84.3. The van der Waals surface area contributed by atoms with Crippen LogP contribution in [0.3, 0.4) is 0 Å². The molecule has 4 rings (SSSR count). The van der Waals surface area contributed by atoms with Crippen molar-refractivity contribution in [1.29, 1.82) is 0 Å². The van der Waals surface area contributed by atoms with Crippen LogP contribution >= 0.6 is 16.3 Å². The largest absolute Gasteiger partial charge is 0.695 e. The van der Waals surface area contributed by atoms with Crippen LogP contribution in [0.4, 0.5) is 0 Å². The molecular weight excluding hydrogens is 1090 g/mol. The van der Waals surface area contributed by atoms with E-state index in [1.54, 1.807) is 6.66 Å². The fourth-order valence-corrected chi connectivity index (χ4v) is 7.10. The predicted molar refractivity (Wildman–Crippen MR) is 201 cm³/mol. The zero-order valence-electron chi connectivity index (χ0n) is 36.3. The Labute approximate surface area is 446 Å². The molecular formula is C37H68O14P2Y4-2. The van der Waals surface area contributed by atoms with E-state index in [0.717, 1.165) is 0 Å². The number of aliphatic hydroxyl groups excluding tert-OH is 1. The van der Waals surface area contributed by atoms with E-state index in [9.17, 15) is 9.13 Å². The minimum atomic E-state index is -2.30. The molecule has 0 amide bonds. The Morgan fingerprint density at radius 3 is 1.21 bits per heavy atom. The Hall–Kier alpha value is 4.14. The first-order chi connectivity index (χ1) is 24.9. The second-order valence-electron chi connectivity index (χ2n) is 14.6. The van der Waals surface area contributed by atoms with Gasteiger partial charge in [0.15, 0.2) is 6.66 Å². The van der Waals surface area contributed by atoms with E-state index in [4.69, 9.17) is 56.6 Å². The Bertz CT molecular complexity index is 1060. The molecule has 0 spiro atoms. The van der Waals surface area contributed by atoms with Gasteiger partial charge in [0.25, 0.3) is 0 Å². The first-order valence-corrected chi connectivity index (χ1v) is 21.6. The molecule has 0 aromatic heterocycles. The van der Waals surface area contributed by atoms with Gasteiger partial charge in [0.05, 0.1) is 56.4 Å². The minimum Gasteiger partial charge on any atom is -0.405 e. The van der Waals surface area contributed by atoms with Crippen molar-refractivity contribution in [3.05, 3.63) is 25.7 Å². The van der Waals surface area contributed by atoms with Gasteiger partial charge in [0.2, 0.25) is 0 Å². The quantitative estimate of drug-likeness (QED) is 0.123. The predicted octanol–water partition coefficient (Wildman–Crippen LogP) is 6.16. The average Bonchev–Trinajstić information content (AvgIpc) is 3.78. The summed E-state index contributed by atoms with van der Waals surface area (Å²) in [7, 11) is -3.90. The first-order valence-electron chi connectivity index (χ1n) is 18.9. The van der Waals surface area contributed by atoms with Gasteiger partial charge in [-0.15, -0.1) is 9.05 Å². The van der Waals surface area contributed by atoms with E-state index in [2.05, 4.69) is 0 Å². The van der Waals surface area contributed by atoms with Crippen molar-refractivity contribution in [1.82, 2.24) is 0 Å². The zero-order chi connectivity index (χ0) is 39.8. The molecule has 14 nitrogen and oxygen atoms in total. The molecule has 0 aromatic carbocycles. The zero-order valence-corrected chi connectivity index (χ0v) is 49.5. The molecule has 4 saturated heterocycles. The summed E-state index contributed by atoms with van der Waals surface area (Å²) in [5.41, 5.74) is 0. The Morgan fingerprint density at radius 1 is 0.526 bits per heavy atom. The molecule has 4 heterocycles. The summed E-state index contributed by atoms with van der Waals surface area (Å²) in [5, 5.41) is 8.94. The van der Waals surface area contributed by atoms with Gasteiger partial charge in [-0.3, -0.25) is 25.7 Å². The molecule has 324 valence electrons. The van der Waals surface area contributed by atoms with Gasteiger partial charge in [-0.25, -0.2) is 0 Å². The molecule has 4 fully saturated rings. The number of hydrogen-bond acceptors (Lipinski definition) is 14. The molecule has 0 aromatic rings. The monoisotopic (exact) mass is 1150 g/mol. The number of rotatable bonds is 18. The summed E-state index contributed by atoms with van der Waals surface area (Å²) in [5.74, 6) is 0. The van der Waals surface area contributed by atoms with Gasteiger partial charge in [-0.2, -0.15) is 4.52 Å². The molecule has 2 unspecified atom stereocenters. The standard InChI is InChI=1S/C18H32O7P.C10H19O4P.C9H17O3.4Y/c1-11(2)20-9-17-16(8-14(6)23-17)25-26(19)21-10-18-15(22-12(3)4)7-13(5)24-18;1-7(2)12-6-10-9(14-15(4)11)5-8(3)13-10;1-6(2)11-8-4-7(3)12-9(8)5-10;;;;/h7-8,11-18H,9-10H2,1-6H3;5,7-10H,6H2,1-4H3;4,6-10H,5H2,1-3H3;;;;/q-1;;-1;;;;/t13-,14-,15+,16+,17+,18+;8-,9+,10+;7-,8+,9+;;;;/m000..../s1. The molecule has 0 aliphatic carbocycles. The van der Waals surface area contributed by atoms with Crippen molar-refractivity contribution in [2.45, 2.75) is 181 Å². The van der Waals surface area contributed by atoms with Crippen molar-refractivity contribution in [2.24, 2.45) is 0 Å². The number of aliphatic hydroxyl groups is 1. The smallest absolute Gasteiger partial charge is 0.405 e. The van der Waals surface area contributed by atoms with Gasteiger partial charge in [-0.1, -0.05) is 52.1 Å². The molecule has 4 aliphatic heterocycles. The molecule has 20 heteroatoms. The third-order valence-electron chi connectivity index (χ3n) is 7.91. The normalized spacial score (nSPS) is 32.4. The minimum absolute atomic E-state index is 0. The third-order valence-corrected chi connectivity index (χ3v) is 9.23. The van der Waals surface area contributed by atoms with Crippen LogP contribution in [0.15, 0.2) is 0 Å². The van der Waals surface area contributed by atoms with Crippen molar-refractivity contribution in [2.75, 3.05) is 33.1 Å². The molecule has 4 radical (unpaired) electrons. The van der Waals surface area contributed by atoms with Gasteiger partial charge in [0, 0.05) is 160 Å². The first kappa shape index (κ1) is 65.4. The molecule has 0 bridgehead atoms. The third kappa shape index (κ3) is 28.0. The van der Waals surface area contributed by atoms with Crippen LogP contribution in [0.1, 0.15) is 83.1 Å². The summed E-state index contributed by atoms with van der Waals surface area (Å²) in [4.78, 5) is 0. The van der Waals surface area contributed by atoms with Crippen molar-refractivity contribution < 1.29 is 197 Å². The Balaban J connectivity index is -0.000000807. The van der Waals surface area contributed by atoms with Crippen LogP contribution in [0.2, 0.25) is 0 Å². The summed E-state index contributed by atoms with van der Waals surface area (Å²) in [6.07, 6.45) is 6.52. The topological polar surface area (TPSA) is 156 Å². The summed E-state index contributed by atoms with van der Waals surface area (Å²) in [6, 6.07) is 0. The van der Waals surface area contributed by atoms with E-state index in [0.29, 0.717) is 13.2 Å². The van der Waals surface area contributed by atoms with Crippen LogP contribution in [0, 0.1) is 25.7 Å². The van der Waals surface area contributed by atoms with Crippen LogP contribution in [-0.4, -0.2) is 136 Å². The van der Waals surface area contributed by atoms with Gasteiger partial charge < -0.3 is 43.0 Å². The van der Waals surface area contributed by atoms with Gasteiger partial charge >= 0.3 is 16.3 Å². The van der Waals surface area contributed by atoms with E-state index < -0.39 is 22.4 Å². The molecule has 14 atom stereocenters. The molecule has 4 aliphatic rings. The SMILES string of the molecule is CC(C)OC[C@H]1O[C@@H](C)[CH-][C@H]1O[P+](=O)OC[C@H]1O[C@@H](C)[CH-][C@H]1OC(C)C.CC(C)OC[C@H]1O[C@@H](C)[CH-][C@H]1O[P+](C)=O.CC(C)O[C@@H]1[CH-][C@H](C)O[C@@H]1CO.[Y].[Y].[Y].[Y]. The average molecular weight is 1150 g/mol. The second-order valence-corrected chi connectivity index (χ2v) is 16.6. The second kappa shape index (κ2) is 35.3. The Morgan fingerprint density at radius 2 is 0.860 bits per heavy atom. The van der Waals surface area contributed by atoms with E-state index in [1.807, 2.05) is 109 Å². The number of ether oxygens (including phenoxy) is 8. The maximum Gasteiger partial charge on any atom is 0.695 e. The Kier molecular flexibility index (Phi) is 40.6. The van der Waals surface area contributed by atoms with Crippen molar-refractivity contribution >= 4 is 16.3 Å². The van der Waals surface area contributed by atoms with Crippen LogP contribution in [0.25, 0.3) is 0 Å². The van der Waals surface area contributed by atoms with Crippen molar-refractivity contribution in [3.63, 3.8) is 0 Å². The van der Waals surface area contributed by atoms with Gasteiger partial charge in [0.1, 0.15) is 6.61 Å². The van der Waals surface area contributed by atoms with Crippen LogP contribution in [0.5, 0.6) is 0 Å². The van der Waals surface area contributed by atoms with E-state index >= 15 is 0 Å². The fourth-order valence-electron chi connectivity index (χ4n) is 5.82. The molecule has 0 saturated carbocycles. The van der Waals surface area contributed by atoms with Crippen LogP contribution < -0.4 is 0 Å². The van der Waals surface area contributed by atoms with E-state index in [-0.39, 0.29) is 236 Å². The summed E-state index contributed by atoms with van der Waals surface area (Å²) in [6.45, 7) is 26.1. The van der Waals surface area contributed by atoms with Gasteiger partial charge in [-0.05, 0) is 72.2 Å². The van der Waals surface area contributed by atoms with Crippen molar-refractivity contribution in [3.8, 4) is 0 Å². The maximum absolute atomic E-state index is 12.2. The fraction of sp³-hybridized carbons (Fsp3) is 0.892. The number of hydrogen-bond donors (Lipinski definition) is 1. The maximum atomic E-state index is 12.2.